The minimum atomic E-state index is -4.18. The number of carbonyl (C=O) groups is 1. The van der Waals surface area contributed by atoms with Crippen molar-refractivity contribution in [1.29, 1.82) is 0 Å². The monoisotopic (exact) mass is 594 g/mol. The minimum absolute atomic E-state index is 0.00200. The van der Waals surface area contributed by atoms with E-state index >= 15 is 0 Å². The lowest BCUT2D eigenvalue weighted by atomic mass is 10.1. The molecule has 0 spiro atoms. The average Bonchev–Trinajstić information content (AvgIpc) is 3.17. The molecule has 198 valence electrons. The summed E-state index contributed by atoms with van der Waals surface area (Å²) >= 11 is 12.0. The summed E-state index contributed by atoms with van der Waals surface area (Å²) in [7, 11) is -8.15. The van der Waals surface area contributed by atoms with Crippen molar-refractivity contribution in [2.75, 3.05) is 14.8 Å². The number of aromatic nitrogens is 1. The largest absolute Gasteiger partial charge is 0.337 e. The molecule has 0 atom stereocenters. The van der Waals surface area contributed by atoms with Crippen LogP contribution in [0.4, 0.5) is 17.3 Å². The molecule has 0 bridgehead atoms. The smallest absolute Gasteiger partial charge is 0.264 e. The van der Waals surface area contributed by atoms with E-state index in [4.69, 9.17) is 27.7 Å². The summed E-state index contributed by atoms with van der Waals surface area (Å²) in [4.78, 5) is 12.7. The molecule has 10 nitrogen and oxygen atoms in total. The van der Waals surface area contributed by atoms with Crippen LogP contribution in [0.25, 0.3) is 0 Å². The molecule has 14 heteroatoms. The second-order valence-corrected chi connectivity index (χ2v) is 12.2. The summed E-state index contributed by atoms with van der Waals surface area (Å²) in [6, 6.07) is 15.3. The molecule has 1 amide bonds. The first-order valence-corrected chi connectivity index (χ1v) is 14.5. The van der Waals surface area contributed by atoms with Crippen molar-refractivity contribution in [2.45, 2.75) is 23.6 Å². The van der Waals surface area contributed by atoms with Gasteiger partial charge in [-0.05, 0) is 68.4 Å². The van der Waals surface area contributed by atoms with Crippen molar-refractivity contribution in [3.8, 4) is 0 Å². The van der Waals surface area contributed by atoms with E-state index in [1.54, 1.807) is 26.0 Å². The van der Waals surface area contributed by atoms with E-state index in [2.05, 4.69) is 19.9 Å². The molecule has 0 saturated carbocycles. The van der Waals surface area contributed by atoms with Gasteiger partial charge in [0, 0.05) is 16.3 Å². The zero-order valence-electron chi connectivity index (χ0n) is 19.8. The zero-order chi connectivity index (χ0) is 27.7. The Morgan fingerprint density at radius 1 is 0.868 bits per heavy atom. The second kappa shape index (κ2) is 10.7. The molecule has 0 fully saturated rings. The molecular weight excluding hydrogens is 575 g/mol. The number of sulfonamides is 2. The van der Waals surface area contributed by atoms with Crippen molar-refractivity contribution < 1.29 is 26.2 Å². The van der Waals surface area contributed by atoms with Gasteiger partial charge in [0.05, 0.1) is 26.9 Å². The van der Waals surface area contributed by atoms with Crippen molar-refractivity contribution in [2.24, 2.45) is 0 Å². The van der Waals surface area contributed by atoms with Gasteiger partial charge in [-0.15, -0.1) is 0 Å². The van der Waals surface area contributed by atoms with Gasteiger partial charge in [-0.25, -0.2) is 21.6 Å². The van der Waals surface area contributed by atoms with Gasteiger partial charge in [0.1, 0.15) is 4.90 Å². The fourth-order valence-corrected chi connectivity index (χ4v) is 6.15. The summed E-state index contributed by atoms with van der Waals surface area (Å²) in [5.74, 6) is -0.625. The molecule has 3 aromatic carbocycles. The van der Waals surface area contributed by atoms with Crippen molar-refractivity contribution >= 4 is 66.4 Å². The summed E-state index contributed by atoms with van der Waals surface area (Å²) in [6.45, 7) is 3.35. The molecule has 1 aromatic heterocycles. The Labute approximate surface area is 229 Å². The maximum Gasteiger partial charge on any atom is 0.264 e. The van der Waals surface area contributed by atoms with E-state index in [1.165, 1.54) is 54.6 Å². The summed E-state index contributed by atoms with van der Waals surface area (Å²) in [5, 5.41) is 6.47. The predicted molar refractivity (Wildman–Crippen MR) is 145 cm³/mol. The number of amides is 1. The van der Waals surface area contributed by atoms with Crippen LogP contribution >= 0.6 is 23.2 Å². The SMILES string of the molecule is Cc1noc(NS(=O)(=O)c2ccc(NC(=O)c3ccccc3NS(=O)(=O)c3cc(Cl)ccc3Cl)cc2)c1C. The lowest BCUT2D eigenvalue weighted by molar-refractivity contribution is 0.102. The Kier molecular flexibility index (Phi) is 7.70. The first-order chi connectivity index (χ1) is 17.9. The number of hydrogen-bond donors (Lipinski definition) is 3. The topological polar surface area (TPSA) is 147 Å². The van der Waals surface area contributed by atoms with Crippen LogP contribution in [0.1, 0.15) is 21.6 Å². The van der Waals surface area contributed by atoms with Gasteiger partial charge in [-0.2, -0.15) is 0 Å². The number of anilines is 3. The lowest BCUT2D eigenvalue weighted by Crippen LogP contribution is -2.19. The number of rotatable bonds is 8. The molecule has 3 N–H and O–H groups in total. The first-order valence-electron chi connectivity index (χ1n) is 10.8. The van der Waals surface area contributed by atoms with Crippen LogP contribution in [-0.2, 0) is 20.0 Å². The molecule has 0 aliphatic heterocycles. The highest BCUT2D eigenvalue weighted by Gasteiger charge is 2.22. The number of para-hydroxylation sites is 1. The summed E-state index contributed by atoms with van der Waals surface area (Å²) < 4.78 is 60.9. The van der Waals surface area contributed by atoms with Gasteiger partial charge in [-0.3, -0.25) is 9.52 Å². The Hall–Kier alpha value is -3.58. The normalized spacial score (nSPS) is 11.7. The number of aryl methyl sites for hydroxylation is 1. The van der Waals surface area contributed by atoms with Gasteiger partial charge in [0.15, 0.2) is 0 Å². The van der Waals surface area contributed by atoms with Gasteiger partial charge in [0.25, 0.3) is 26.0 Å². The summed E-state index contributed by atoms with van der Waals surface area (Å²) in [5.41, 5.74) is 1.41. The number of halogens is 2. The fourth-order valence-electron chi connectivity index (χ4n) is 3.26. The molecule has 4 rings (SSSR count). The summed E-state index contributed by atoms with van der Waals surface area (Å²) in [6.07, 6.45) is 0. The van der Waals surface area contributed by atoms with E-state index < -0.39 is 26.0 Å². The van der Waals surface area contributed by atoms with Crippen LogP contribution in [0, 0.1) is 13.8 Å². The molecule has 4 aromatic rings. The number of hydrogen-bond acceptors (Lipinski definition) is 7. The Morgan fingerprint density at radius 3 is 2.21 bits per heavy atom. The molecular formula is C24H20Cl2N4O6S2. The highest BCUT2D eigenvalue weighted by Crippen LogP contribution is 2.28. The number of nitrogens with zero attached hydrogens (tertiary/aromatic N) is 1. The predicted octanol–water partition coefficient (Wildman–Crippen LogP) is 5.45. The van der Waals surface area contributed by atoms with Crippen LogP contribution < -0.4 is 14.8 Å². The third kappa shape index (κ3) is 5.94. The van der Waals surface area contributed by atoms with Crippen LogP contribution in [0.5, 0.6) is 0 Å². The highest BCUT2D eigenvalue weighted by molar-refractivity contribution is 7.93. The Balaban J connectivity index is 1.52. The maximum absolute atomic E-state index is 13.0. The second-order valence-electron chi connectivity index (χ2n) is 8.03. The number of benzene rings is 3. The van der Waals surface area contributed by atoms with E-state index in [1.807, 2.05) is 0 Å². The van der Waals surface area contributed by atoms with Crippen LogP contribution in [0.2, 0.25) is 10.0 Å². The zero-order valence-corrected chi connectivity index (χ0v) is 23.0. The maximum atomic E-state index is 13.0. The van der Waals surface area contributed by atoms with Crippen LogP contribution in [0.15, 0.2) is 81.0 Å². The number of carbonyl (C=O) groups excluding carboxylic acids is 1. The molecule has 0 aliphatic rings. The molecule has 0 radical (unpaired) electrons. The van der Waals surface area contributed by atoms with Crippen molar-refractivity contribution in [3.63, 3.8) is 0 Å². The van der Waals surface area contributed by atoms with E-state index in [0.29, 0.717) is 11.3 Å². The van der Waals surface area contributed by atoms with E-state index in [9.17, 15) is 21.6 Å². The molecule has 1 heterocycles. The third-order valence-corrected chi connectivity index (χ3v) is 8.83. The quantitative estimate of drug-likeness (QED) is 0.245. The minimum Gasteiger partial charge on any atom is -0.337 e. The lowest BCUT2D eigenvalue weighted by Gasteiger charge is -2.14. The highest BCUT2D eigenvalue weighted by atomic mass is 35.5. The standard InChI is InChI=1S/C24H20Cl2N4O6S2/c1-14-15(2)28-36-24(14)30-37(32,33)18-10-8-17(9-11-18)27-23(31)19-5-3-4-6-21(19)29-38(34,35)22-13-16(25)7-12-20(22)26/h3-13,29-30H,1-2H3,(H,27,31). The Morgan fingerprint density at radius 2 is 1.55 bits per heavy atom. The fraction of sp³-hybridized carbons (Fsp3) is 0.0833. The number of nitrogens with one attached hydrogen (secondary N) is 3. The third-order valence-electron chi connectivity index (χ3n) is 5.41. The molecule has 0 aliphatic carbocycles. The molecule has 38 heavy (non-hydrogen) atoms. The van der Waals surface area contributed by atoms with E-state index in [0.717, 1.165) is 0 Å². The van der Waals surface area contributed by atoms with Crippen molar-refractivity contribution in [3.05, 3.63) is 93.6 Å². The molecule has 0 unspecified atom stereocenters. The van der Waals surface area contributed by atoms with Gasteiger partial charge < -0.3 is 9.84 Å². The average molecular weight is 595 g/mol. The first kappa shape index (κ1) is 27.5. The van der Waals surface area contributed by atoms with E-state index in [-0.39, 0.29) is 42.7 Å². The van der Waals surface area contributed by atoms with Gasteiger partial charge >= 0.3 is 0 Å². The van der Waals surface area contributed by atoms with Crippen LogP contribution in [0.3, 0.4) is 0 Å². The van der Waals surface area contributed by atoms with Gasteiger partial charge in [-0.1, -0.05) is 40.5 Å². The Bertz CT molecular complexity index is 1740. The van der Waals surface area contributed by atoms with Crippen molar-refractivity contribution in [1.82, 2.24) is 5.16 Å². The van der Waals surface area contributed by atoms with Crippen LogP contribution in [-0.4, -0.2) is 27.9 Å². The van der Waals surface area contributed by atoms with Gasteiger partial charge in [0.2, 0.25) is 5.88 Å². The molecule has 0 saturated heterocycles.